The predicted molar refractivity (Wildman–Crippen MR) is 140 cm³/mol. The van der Waals surface area contributed by atoms with Gasteiger partial charge in [-0.2, -0.15) is 5.26 Å². The summed E-state index contributed by atoms with van der Waals surface area (Å²) in [4.78, 5) is 17.7. The normalized spacial score (nSPS) is 12.9. The van der Waals surface area contributed by atoms with Gasteiger partial charge in [-0.25, -0.2) is 4.98 Å². The van der Waals surface area contributed by atoms with Crippen LogP contribution in [0.4, 0.5) is 0 Å². The quantitative estimate of drug-likeness (QED) is 0.333. The molecule has 3 rings (SSSR count). The van der Waals surface area contributed by atoms with Gasteiger partial charge in [0.2, 0.25) is 0 Å². The fourth-order valence-corrected chi connectivity index (χ4v) is 3.79. The summed E-state index contributed by atoms with van der Waals surface area (Å²) in [5.74, 6) is 0.647. The number of carbonyl (C=O) groups is 1. The first-order valence-electron chi connectivity index (χ1n) is 12.0. The third-order valence-electron chi connectivity index (χ3n) is 6.10. The molecule has 1 aromatic heterocycles. The van der Waals surface area contributed by atoms with Crippen molar-refractivity contribution in [1.82, 2.24) is 4.98 Å². The molecule has 0 amide bonds. The summed E-state index contributed by atoms with van der Waals surface area (Å²) in [6, 6.07) is 17.6. The highest BCUT2D eigenvalue weighted by atomic mass is 16.5. The Hall–Kier alpha value is -3.77. The van der Waals surface area contributed by atoms with E-state index in [1.165, 1.54) is 7.11 Å². The lowest BCUT2D eigenvalue weighted by Gasteiger charge is -2.27. The number of nitriles is 1. The van der Waals surface area contributed by atoms with Gasteiger partial charge in [-0.1, -0.05) is 12.1 Å². The van der Waals surface area contributed by atoms with Gasteiger partial charge in [-0.05, 0) is 75.2 Å². The van der Waals surface area contributed by atoms with Crippen LogP contribution in [0.1, 0.15) is 60.8 Å². The number of pyridine rings is 1. The molecule has 0 aliphatic heterocycles. The standard InChI is InChI=1S/C29H33N3O5/c1-28(2,31)22-16-23(20-7-5-19(18-30)6-8-20)32-27(17-22)29(3,35)12-11-24(34)21-9-10-25(37-14-13-33)26(15-21)36-4/h5-10,15-17,33,35H,11-14,31H2,1-4H3. The van der Waals surface area contributed by atoms with Crippen molar-refractivity contribution in [3.63, 3.8) is 0 Å². The Morgan fingerprint density at radius 2 is 1.78 bits per heavy atom. The zero-order chi connectivity index (χ0) is 27.2. The lowest BCUT2D eigenvalue weighted by Crippen LogP contribution is -2.31. The smallest absolute Gasteiger partial charge is 0.163 e. The molecular formula is C29H33N3O5. The van der Waals surface area contributed by atoms with Crippen LogP contribution in [0.2, 0.25) is 0 Å². The van der Waals surface area contributed by atoms with Gasteiger partial charge < -0.3 is 25.4 Å². The van der Waals surface area contributed by atoms with Crippen molar-refractivity contribution in [2.24, 2.45) is 5.73 Å². The number of hydrogen-bond acceptors (Lipinski definition) is 8. The first-order chi connectivity index (χ1) is 17.5. The van der Waals surface area contributed by atoms with Gasteiger partial charge in [0.25, 0.3) is 0 Å². The monoisotopic (exact) mass is 503 g/mol. The number of methoxy groups -OCH3 is 1. The van der Waals surface area contributed by atoms with Crippen molar-refractivity contribution in [2.75, 3.05) is 20.3 Å². The molecule has 1 unspecified atom stereocenters. The maximum Gasteiger partial charge on any atom is 0.163 e. The van der Waals surface area contributed by atoms with E-state index in [9.17, 15) is 9.90 Å². The zero-order valence-corrected chi connectivity index (χ0v) is 21.6. The summed E-state index contributed by atoms with van der Waals surface area (Å²) in [5.41, 5.74) is 7.83. The fourth-order valence-electron chi connectivity index (χ4n) is 3.79. The number of Topliss-reactive ketones (excluding diaryl/α,β-unsaturated/α-hetero) is 1. The van der Waals surface area contributed by atoms with Crippen LogP contribution in [0.3, 0.4) is 0 Å². The average molecular weight is 504 g/mol. The molecule has 4 N–H and O–H groups in total. The Morgan fingerprint density at radius 1 is 1.08 bits per heavy atom. The van der Waals surface area contributed by atoms with Gasteiger partial charge in [0.05, 0.1) is 36.7 Å². The molecular weight excluding hydrogens is 470 g/mol. The van der Waals surface area contributed by atoms with E-state index in [4.69, 9.17) is 30.6 Å². The number of aliphatic hydroxyl groups is 2. The first kappa shape index (κ1) is 27.8. The molecule has 0 fully saturated rings. The van der Waals surface area contributed by atoms with E-state index in [-0.39, 0.29) is 31.8 Å². The fraction of sp³-hybridized carbons (Fsp3) is 0.345. The van der Waals surface area contributed by atoms with Crippen molar-refractivity contribution >= 4 is 5.78 Å². The van der Waals surface area contributed by atoms with Crippen molar-refractivity contribution in [2.45, 2.75) is 44.8 Å². The summed E-state index contributed by atoms with van der Waals surface area (Å²) < 4.78 is 10.7. The Morgan fingerprint density at radius 3 is 2.38 bits per heavy atom. The highest BCUT2D eigenvalue weighted by molar-refractivity contribution is 5.96. The van der Waals surface area contributed by atoms with Crippen LogP contribution in [0, 0.1) is 11.3 Å². The van der Waals surface area contributed by atoms with Gasteiger partial charge in [0.1, 0.15) is 12.2 Å². The number of rotatable bonds is 11. The summed E-state index contributed by atoms with van der Waals surface area (Å²) in [6.07, 6.45) is 0.197. The topological polar surface area (TPSA) is 139 Å². The zero-order valence-electron chi connectivity index (χ0n) is 21.6. The number of hydrogen-bond donors (Lipinski definition) is 3. The number of nitrogens with two attached hydrogens (primary N) is 1. The minimum Gasteiger partial charge on any atom is -0.493 e. The SMILES string of the molecule is COc1cc(C(=O)CCC(C)(O)c2cc(C(C)(C)N)cc(-c3ccc(C#N)cc3)n2)ccc1OCCO. The van der Waals surface area contributed by atoms with Gasteiger partial charge in [-0.15, -0.1) is 0 Å². The summed E-state index contributed by atoms with van der Waals surface area (Å²) in [7, 11) is 1.48. The second-order valence-electron chi connectivity index (χ2n) is 9.67. The van der Waals surface area contributed by atoms with E-state index in [0.29, 0.717) is 34.0 Å². The highest BCUT2D eigenvalue weighted by Crippen LogP contribution is 2.33. The number of aliphatic hydroxyl groups excluding tert-OH is 1. The van der Waals surface area contributed by atoms with Crippen LogP contribution in [0.15, 0.2) is 54.6 Å². The minimum absolute atomic E-state index is 0.0666. The number of aromatic nitrogens is 1. The molecule has 0 saturated carbocycles. The number of ether oxygens (including phenoxy) is 2. The van der Waals surface area contributed by atoms with E-state index < -0.39 is 11.1 Å². The first-order valence-corrected chi connectivity index (χ1v) is 12.0. The molecule has 37 heavy (non-hydrogen) atoms. The molecule has 0 aliphatic rings. The third kappa shape index (κ3) is 6.92. The minimum atomic E-state index is -1.41. The van der Waals surface area contributed by atoms with Crippen molar-refractivity contribution in [3.05, 3.63) is 77.0 Å². The molecule has 0 aliphatic carbocycles. The van der Waals surface area contributed by atoms with E-state index in [0.717, 1.165) is 11.1 Å². The predicted octanol–water partition coefficient (Wildman–Crippen LogP) is 4.06. The molecule has 1 heterocycles. The number of benzene rings is 2. The van der Waals surface area contributed by atoms with Gasteiger partial charge in [0, 0.05) is 23.1 Å². The van der Waals surface area contributed by atoms with Crippen molar-refractivity contribution < 1.29 is 24.5 Å². The second-order valence-corrected chi connectivity index (χ2v) is 9.67. The largest absolute Gasteiger partial charge is 0.493 e. The summed E-state index contributed by atoms with van der Waals surface area (Å²) in [6.45, 7) is 5.35. The van der Waals surface area contributed by atoms with Gasteiger partial charge in [-0.3, -0.25) is 4.79 Å². The van der Waals surface area contributed by atoms with Crippen LogP contribution in [-0.2, 0) is 11.1 Å². The molecule has 8 heteroatoms. The lowest BCUT2D eigenvalue weighted by atomic mass is 9.88. The molecule has 0 spiro atoms. The van der Waals surface area contributed by atoms with Gasteiger partial charge >= 0.3 is 0 Å². The third-order valence-corrected chi connectivity index (χ3v) is 6.10. The highest BCUT2D eigenvalue weighted by Gasteiger charge is 2.29. The van der Waals surface area contributed by atoms with Crippen molar-refractivity contribution in [1.29, 1.82) is 5.26 Å². The Labute approximate surface area is 217 Å². The van der Waals surface area contributed by atoms with E-state index in [2.05, 4.69) is 6.07 Å². The summed E-state index contributed by atoms with van der Waals surface area (Å²) >= 11 is 0. The van der Waals surface area contributed by atoms with Crippen LogP contribution in [-0.4, -0.2) is 41.3 Å². The van der Waals surface area contributed by atoms with Crippen LogP contribution < -0.4 is 15.2 Å². The van der Waals surface area contributed by atoms with Crippen LogP contribution >= 0.6 is 0 Å². The number of ketones is 1. The van der Waals surface area contributed by atoms with E-state index in [1.54, 1.807) is 55.5 Å². The molecule has 0 radical (unpaired) electrons. The molecule has 2 aromatic carbocycles. The Balaban J connectivity index is 1.86. The molecule has 0 bridgehead atoms. The molecule has 0 saturated heterocycles. The van der Waals surface area contributed by atoms with Gasteiger partial charge in [0.15, 0.2) is 17.3 Å². The van der Waals surface area contributed by atoms with Crippen LogP contribution in [0.5, 0.6) is 11.5 Å². The second kappa shape index (κ2) is 11.5. The number of carbonyl (C=O) groups excluding carboxylic acids is 1. The molecule has 8 nitrogen and oxygen atoms in total. The number of nitrogens with zero attached hydrogens (tertiary/aromatic N) is 2. The molecule has 194 valence electrons. The summed E-state index contributed by atoms with van der Waals surface area (Å²) in [5, 5.41) is 29.5. The maximum absolute atomic E-state index is 13.0. The molecule has 3 aromatic rings. The maximum atomic E-state index is 13.0. The van der Waals surface area contributed by atoms with E-state index >= 15 is 0 Å². The van der Waals surface area contributed by atoms with E-state index in [1.807, 2.05) is 19.9 Å². The Kier molecular flexibility index (Phi) is 8.66. The van der Waals surface area contributed by atoms with Crippen molar-refractivity contribution in [3.8, 4) is 28.8 Å². The Bertz CT molecular complexity index is 1290. The molecule has 1 atom stereocenters. The van der Waals surface area contributed by atoms with Crippen LogP contribution in [0.25, 0.3) is 11.3 Å². The average Bonchev–Trinajstić information content (AvgIpc) is 2.89. The lowest BCUT2D eigenvalue weighted by molar-refractivity contribution is 0.0396.